The molecule has 2 fully saturated rings. The molecule has 5 amide bonds. The lowest BCUT2D eigenvalue weighted by Crippen LogP contribution is -2.58. The van der Waals surface area contributed by atoms with Crippen LogP contribution in [-0.4, -0.2) is 110 Å². The number of fused-ring (bicyclic) bond motifs is 2. The molecule has 6 N–H and O–H groups in total. The lowest BCUT2D eigenvalue weighted by molar-refractivity contribution is -0.192. The fraction of sp³-hybridized carbons (Fsp3) is 0.458. The van der Waals surface area contributed by atoms with Gasteiger partial charge in [-0.15, -0.1) is 22.7 Å². The van der Waals surface area contributed by atoms with Crippen molar-refractivity contribution < 1.29 is 51.8 Å². The minimum atomic E-state index is -5.08. The largest absolute Gasteiger partial charge is 0.490 e. The summed E-state index contributed by atoms with van der Waals surface area (Å²) < 4.78 is 37.0. The van der Waals surface area contributed by atoms with Crippen LogP contribution in [-0.2, 0) is 28.7 Å². The van der Waals surface area contributed by atoms with Crippen LogP contribution in [0.4, 0.5) is 18.0 Å². The molecule has 6 atom stereocenters. The molecule has 4 heterocycles. The highest BCUT2D eigenvalue weighted by molar-refractivity contribution is 7.10. The third-order valence-electron chi connectivity index (χ3n) is 13.4. The monoisotopic (exact) mass is 1140 g/mol. The number of aromatic nitrogens is 2. The normalized spacial score (nSPS) is 17.2. The predicted octanol–water partition coefficient (Wildman–Crippen LogP) is 11.2. The first-order valence-electron chi connectivity index (χ1n) is 26.5. The molecule has 0 radical (unpaired) electrons. The van der Waals surface area contributed by atoms with Gasteiger partial charge >= 0.3 is 18.2 Å². The second-order valence-electron chi connectivity index (χ2n) is 23.1. The Bertz CT molecular complexity index is 3170. The van der Waals surface area contributed by atoms with Crippen molar-refractivity contribution in [2.24, 2.45) is 16.6 Å². The topological polar surface area (TPSA) is 226 Å². The van der Waals surface area contributed by atoms with Crippen molar-refractivity contribution in [1.82, 2.24) is 35.7 Å². The summed E-state index contributed by atoms with van der Waals surface area (Å²) >= 11 is 3.16. The number of hydrogen-bond acceptors (Lipinski definition) is 12. The number of carboxylic acids is 1. The Morgan fingerprint density at radius 3 is 1.39 bits per heavy atom. The van der Waals surface area contributed by atoms with Crippen molar-refractivity contribution in [3.05, 3.63) is 106 Å². The zero-order chi connectivity index (χ0) is 59.1. The number of alkyl carbamates (subject to hydrolysis) is 1. The molecule has 2 aromatic heterocycles. The fourth-order valence-corrected chi connectivity index (χ4v) is 11.3. The number of carbonyl (C=O) groups excluding carboxylic acids is 5. The smallest absolute Gasteiger partial charge is 0.475 e. The van der Waals surface area contributed by atoms with Gasteiger partial charge < -0.3 is 41.3 Å². The van der Waals surface area contributed by atoms with Crippen LogP contribution in [0.25, 0.3) is 44.1 Å². The van der Waals surface area contributed by atoms with E-state index in [-0.39, 0.29) is 29.8 Å². The number of likely N-dealkylation sites (tertiary alicyclic amines) is 2. The molecule has 4 aromatic carbocycles. The van der Waals surface area contributed by atoms with Gasteiger partial charge in [0.2, 0.25) is 23.6 Å². The molecule has 80 heavy (non-hydrogen) atoms. The number of halogens is 3. The Morgan fingerprint density at radius 2 is 1.01 bits per heavy atom. The number of hydrogen-bond donors (Lipinski definition) is 5. The maximum absolute atomic E-state index is 14.0. The standard InChI is InChI=1S/C31H40N4O4S.C26H32N4O2S.C2HF3O2/c1-19(32-29(38)39-31(5,6)7)26(36)34-25(30(2,3)4)28(37)35-17-11-16-24(35)27-33-23(18-40-27)22-15-10-13-20-12-8-9-14-21(20)22;1-16(27)23(31)29-22(26(2,3)4)25(32)30-14-8-13-21(30)24-28-20(15-33-24)19-12-7-10-17-9-5-6-11-18(17)19;3-2(4,5)1(6)7/h8-10,12-15,18-19,24-25H,11,16-17H2,1-7H3,(H,32,38)(H,34,36);5-7,9-12,15-16,21-22H,8,13-14,27H2,1-4H3,(H,29,31);(H,6,7)/t19-,24?,25+;16-,21?,22+;/m00./s1. The number of benzene rings is 4. The molecule has 8 rings (SSSR count). The van der Waals surface area contributed by atoms with E-state index >= 15 is 0 Å². The molecule has 0 saturated carbocycles. The van der Waals surface area contributed by atoms with E-state index in [9.17, 15) is 37.1 Å². The fourth-order valence-electron chi connectivity index (χ4n) is 9.32. The van der Waals surface area contributed by atoms with E-state index in [2.05, 4.69) is 81.3 Å². The number of nitrogens with two attached hydrogens (primary N) is 1. The van der Waals surface area contributed by atoms with Crippen molar-refractivity contribution in [2.75, 3.05) is 13.1 Å². The summed E-state index contributed by atoms with van der Waals surface area (Å²) in [6.45, 7) is 21.4. The van der Waals surface area contributed by atoms with Gasteiger partial charge in [-0.05, 0) is 92.7 Å². The van der Waals surface area contributed by atoms with Gasteiger partial charge in [0.25, 0.3) is 0 Å². The molecular formula is C59H73F3N8O8S2. The van der Waals surface area contributed by atoms with E-state index in [0.29, 0.717) is 13.1 Å². The van der Waals surface area contributed by atoms with Gasteiger partial charge in [0, 0.05) is 35.0 Å². The van der Waals surface area contributed by atoms with Gasteiger partial charge in [0.1, 0.15) is 33.7 Å². The van der Waals surface area contributed by atoms with Gasteiger partial charge in [-0.1, -0.05) is 126 Å². The van der Waals surface area contributed by atoms with Gasteiger partial charge in [0.05, 0.1) is 29.5 Å². The summed E-state index contributed by atoms with van der Waals surface area (Å²) in [7, 11) is 0. The Hall–Kier alpha value is -6.97. The van der Waals surface area contributed by atoms with E-state index in [4.69, 9.17) is 30.3 Å². The Labute approximate surface area is 473 Å². The number of nitrogens with zero attached hydrogens (tertiary/aromatic N) is 4. The third-order valence-corrected chi connectivity index (χ3v) is 15.3. The molecule has 2 saturated heterocycles. The molecular weight excluding hydrogens is 1070 g/mol. The molecule has 21 heteroatoms. The van der Waals surface area contributed by atoms with Crippen LogP contribution in [0.1, 0.15) is 124 Å². The van der Waals surface area contributed by atoms with Crippen LogP contribution in [0.5, 0.6) is 0 Å². The van der Waals surface area contributed by atoms with Crippen LogP contribution < -0.4 is 21.7 Å². The van der Waals surface area contributed by atoms with E-state index < -0.39 is 64.7 Å². The summed E-state index contributed by atoms with van der Waals surface area (Å²) in [4.78, 5) is 87.8. The first kappa shape index (κ1) is 62.2. The van der Waals surface area contributed by atoms with Gasteiger partial charge in [-0.2, -0.15) is 13.2 Å². The highest BCUT2D eigenvalue weighted by atomic mass is 32.1. The zero-order valence-electron chi connectivity index (χ0n) is 47.1. The minimum Gasteiger partial charge on any atom is -0.475 e. The summed E-state index contributed by atoms with van der Waals surface area (Å²) in [6, 6.07) is 25.8. The van der Waals surface area contributed by atoms with Gasteiger partial charge in [0.15, 0.2) is 0 Å². The molecule has 6 aromatic rings. The van der Waals surface area contributed by atoms with Crippen molar-refractivity contribution in [3.63, 3.8) is 0 Å². The lowest BCUT2D eigenvalue weighted by atomic mass is 9.85. The number of rotatable bonds is 11. The summed E-state index contributed by atoms with van der Waals surface area (Å²) in [6.07, 6.45) is -2.31. The number of thiazole rings is 2. The summed E-state index contributed by atoms with van der Waals surface area (Å²) in [5, 5.41) is 26.1. The molecule has 0 bridgehead atoms. The Kier molecular flexibility index (Phi) is 20.0. The first-order valence-corrected chi connectivity index (χ1v) is 28.3. The number of ether oxygens (including phenoxy) is 1. The molecule has 0 spiro atoms. The van der Waals surface area contributed by atoms with E-state index in [1.165, 1.54) is 10.8 Å². The average molecular weight is 1140 g/mol. The maximum atomic E-state index is 14.0. The van der Waals surface area contributed by atoms with E-state index in [1.807, 2.05) is 81.7 Å². The SMILES string of the molecule is C[C@H](N)C(=O)N[C@H](C(=O)N1CCCC1c1nc(-c2cccc3ccccc23)cs1)C(C)(C)C.C[C@H](NC(=O)OC(C)(C)C)C(=O)N[C@H](C(=O)N1CCCC1c1nc(-c2cccc3ccccc23)cs1)C(C)(C)C.O=C(O)C(F)(F)F. The first-order chi connectivity index (χ1) is 37.3. The summed E-state index contributed by atoms with van der Waals surface area (Å²) in [5.41, 5.74) is 8.09. The molecule has 2 aliphatic rings. The number of nitrogens with one attached hydrogen (secondary N) is 3. The van der Waals surface area contributed by atoms with E-state index in [0.717, 1.165) is 69.0 Å². The highest BCUT2D eigenvalue weighted by Crippen LogP contribution is 2.40. The predicted molar refractivity (Wildman–Crippen MR) is 306 cm³/mol. The van der Waals surface area contributed by atoms with Crippen molar-refractivity contribution in [2.45, 2.75) is 150 Å². The molecule has 16 nitrogen and oxygen atoms in total. The molecule has 0 aliphatic carbocycles. The number of carboxylic acid groups (broad SMARTS) is 1. The Morgan fingerprint density at radius 1 is 0.625 bits per heavy atom. The summed E-state index contributed by atoms with van der Waals surface area (Å²) in [5.74, 6) is -3.72. The van der Waals surface area contributed by atoms with Gasteiger partial charge in [-0.3, -0.25) is 19.2 Å². The molecule has 430 valence electrons. The quantitative estimate of drug-likeness (QED) is 0.0820. The van der Waals surface area contributed by atoms with Crippen molar-refractivity contribution in [1.29, 1.82) is 0 Å². The van der Waals surface area contributed by atoms with Crippen LogP contribution in [0, 0.1) is 10.8 Å². The number of carbonyl (C=O) groups is 6. The number of alkyl halides is 3. The van der Waals surface area contributed by atoms with Crippen molar-refractivity contribution >= 4 is 79.9 Å². The number of aliphatic carboxylic acids is 1. The van der Waals surface area contributed by atoms with Crippen LogP contribution in [0.2, 0.25) is 0 Å². The van der Waals surface area contributed by atoms with Crippen LogP contribution in [0.3, 0.4) is 0 Å². The molecule has 2 aliphatic heterocycles. The molecule has 2 unspecified atom stereocenters. The highest BCUT2D eigenvalue weighted by Gasteiger charge is 2.43. The minimum absolute atomic E-state index is 0.0686. The average Bonchev–Trinajstić information content (AvgIpc) is 4.23. The van der Waals surface area contributed by atoms with Crippen LogP contribution >= 0.6 is 22.7 Å². The van der Waals surface area contributed by atoms with Crippen molar-refractivity contribution in [3.8, 4) is 22.5 Å². The maximum Gasteiger partial charge on any atom is 0.490 e. The third kappa shape index (κ3) is 15.9. The number of amides is 5. The lowest BCUT2D eigenvalue weighted by Gasteiger charge is -2.36. The zero-order valence-corrected chi connectivity index (χ0v) is 48.7. The van der Waals surface area contributed by atoms with Crippen LogP contribution in [0.15, 0.2) is 95.7 Å². The second kappa shape index (κ2) is 25.6. The van der Waals surface area contributed by atoms with E-state index in [1.54, 1.807) is 57.3 Å². The second-order valence-corrected chi connectivity index (χ2v) is 24.9. The van der Waals surface area contributed by atoms with Gasteiger partial charge in [-0.25, -0.2) is 19.6 Å². The Balaban J connectivity index is 0.000000234.